The number of hydrogen-bond donors (Lipinski definition) is 2. The van der Waals surface area contributed by atoms with Crippen LogP contribution >= 0.6 is 15.9 Å². The second-order valence-electron chi connectivity index (χ2n) is 5.29. The average molecular weight is 357 g/mol. The number of aromatic nitrogens is 1. The predicted molar refractivity (Wildman–Crippen MR) is 93.2 cm³/mol. The molecule has 3 nitrogen and oxygen atoms in total. The van der Waals surface area contributed by atoms with Gasteiger partial charge in [0, 0.05) is 33.2 Å². The van der Waals surface area contributed by atoms with Crippen molar-refractivity contribution in [2.75, 3.05) is 6.54 Å². The summed E-state index contributed by atoms with van der Waals surface area (Å²) in [6.45, 7) is 2.69. The van der Waals surface area contributed by atoms with E-state index in [9.17, 15) is 4.79 Å². The Bertz CT molecular complexity index is 823. The molecule has 0 saturated heterocycles. The highest BCUT2D eigenvalue weighted by Gasteiger charge is 2.09. The zero-order valence-corrected chi connectivity index (χ0v) is 13.9. The fourth-order valence-corrected chi connectivity index (χ4v) is 3.09. The van der Waals surface area contributed by atoms with Crippen LogP contribution in [0.25, 0.3) is 10.9 Å². The summed E-state index contributed by atoms with van der Waals surface area (Å²) in [6, 6.07) is 15.7. The monoisotopic (exact) mass is 356 g/mol. The van der Waals surface area contributed by atoms with Gasteiger partial charge < -0.3 is 10.3 Å². The highest BCUT2D eigenvalue weighted by Crippen LogP contribution is 2.22. The second-order valence-corrected chi connectivity index (χ2v) is 6.21. The van der Waals surface area contributed by atoms with Gasteiger partial charge in [0.05, 0.1) is 0 Å². The van der Waals surface area contributed by atoms with Crippen molar-refractivity contribution < 1.29 is 4.79 Å². The van der Waals surface area contributed by atoms with Gasteiger partial charge in [0.15, 0.2) is 0 Å². The molecule has 0 spiro atoms. The van der Waals surface area contributed by atoms with Crippen molar-refractivity contribution in [2.24, 2.45) is 0 Å². The van der Waals surface area contributed by atoms with Crippen LogP contribution in [0.15, 0.2) is 53.0 Å². The number of hydrogen-bond acceptors (Lipinski definition) is 1. The van der Waals surface area contributed by atoms with Crippen LogP contribution in [0.5, 0.6) is 0 Å². The van der Waals surface area contributed by atoms with Crippen LogP contribution in [0.1, 0.15) is 21.6 Å². The third-order valence-corrected chi connectivity index (χ3v) is 4.27. The summed E-state index contributed by atoms with van der Waals surface area (Å²) in [5, 5.41) is 4.22. The Morgan fingerprint density at radius 3 is 2.82 bits per heavy atom. The SMILES string of the molecule is Cc1[nH]c2ccccc2c1CCNC(=O)c1cccc(Br)c1. The van der Waals surface area contributed by atoms with Gasteiger partial charge >= 0.3 is 0 Å². The molecule has 3 rings (SSSR count). The lowest BCUT2D eigenvalue weighted by molar-refractivity contribution is 0.0954. The topological polar surface area (TPSA) is 44.9 Å². The molecule has 0 aliphatic rings. The molecule has 0 radical (unpaired) electrons. The third kappa shape index (κ3) is 3.07. The van der Waals surface area contributed by atoms with E-state index in [1.807, 2.05) is 36.4 Å². The Balaban J connectivity index is 1.67. The number of aryl methyl sites for hydroxylation is 1. The van der Waals surface area contributed by atoms with Gasteiger partial charge in [-0.3, -0.25) is 4.79 Å². The lowest BCUT2D eigenvalue weighted by Gasteiger charge is -2.06. The van der Waals surface area contributed by atoms with Crippen molar-refractivity contribution in [3.05, 3.63) is 69.8 Å². The summed E-state index contributed by atoms with van der Waals surface area (Å²) >= 11 is 3.38. The molecule has 0 bridgehead atoms. The summed E-state index contributed by atoms with van der Waals surface area (Å²) < 4.78 is 0.910. The molecule has 1 amide bonds. The normalized spacial score (nSPS) is 10.8. The fourth-order valence-electron chi connectivity index (χ4n) is 2.69. The minimum atomic E-state index is -0.0428. The fraction of sp³-hybridized carbons (Fsp3) is 0.167. The molecule has 0 aliphatic heterocycles. The molecular formula is C18H17BrN2O. The van der Waals surface area contributed by atoms with E-state index in [2.05, 4.69) is 45.3 Å². The molecule has 3 aromatic rings. The number of carbonyl (C=O) groups is 1. The van der Waals surface area contributed by atoms with Gasteiger partial charge in [-0.05, 0) is 43.2 Å². The Morgan fingerprint density at radius 2 is 2.00 bits per heavy atom. The summed E-state index contributed by atoms with van der Waals surface area (Å²) in [7, 11) is 0. The maximum absolute atomic E-state index is 12.1. The largest absolute Gasteiger partial charge is 0.358 e. The van der Waals surface area contributed by atoms with Crippen LogP contribution in [-0.4, -0.2) is 17.4 Å². The minimum Gasteiger partial charge on any atom is -0.358 e. The second kappa shape index (κ2) is 6.36. The summed E-state index contributed by atoms with van der Waals surface area (Å²) in [5.74, 6) is -0.0428. The Hall–Kier alpha value is -2.07. The van der Waals surface area contributed by atoms with Crippen molar-refractivity contribution in [3.63, 3.8) is 0 Å². The number of amides is 1. The van der Waals surface area contributed by atoms with Crippen molar-refractivity contribution in [3.8, 4) is 0 Å². The summed E-state index contributed by atoms with van der Waals surface area (Å²) in [5.41, 5.74) is 4.25. The number of aromatic amines is 1. The molecule has 2 N–H and O–H groups in total. The third-order valence-electron chi connectivity index (χ3n) is 3.77. The van der Waals surface area contributed by atoms with Crippen LogP contribution in [0.2, 0.25) is 0 Å². The van der Waals surface area contributed by atoms with Crippen LogP contribution in [0.4, 0.5) is 0 Å². The van der Waals surface area contributed by atoms with Crippen molar-refractivity contribution in [2.45, 2.75) is 13.3 Å². The lowest BCUT2D eigenvalue weighted by atomic mass is 10.1. The molecule has 112 valence electrons. The number of carbonyl (C=O) groups excluding carboxylic acids is 1. The first-order chi connectivity index (χ1) is 10.6. The molecule has 0 aliphatic carbocycles. The van der Waals surface area contributed by atoms with Crippen LogP contribution in [0, 0.1) is 6.92 Å². The number of nitrogens with one attached hydrogen (secondary N) is 2. The molecule has 22 heavy (non-hydrogen) atoms. The Labute approximate surface area is 137 Å². The molecule has 0 fully saturated rings. The standard InChI is InChI=1S/C18H17BrN2O/c1-12-15(16-7-2-3-8-17(16)21-12)9-10-20-18(22)13-5-4-6-14(19)11-13/h2-8,11,21H,9-10H2,1H3,(H,20,22). The van der Waals surface area contributed by atoms with Gasteiger partial charge in [-0.25, -0.2) is 0 Å². The van der Waals surface area contributed by atoms with Crippen LogP contribution in [-0.2, 0) is 6.42 Å². The predicted octanol–water partition coefficient (Wildman–Crippen LogP) is 4.21. The zero-order chi connectivity index (χ0) is 15.5. The maximum atomic E-state index is 12.1. The first-order valence-electron chi connectivity index (χ1n) is 7.25. The lowest BCUT2D eigenvalue weighted by Crippen LogP contribution is -2.25. The molecule has 0 unspecified atom stereocenters. The van der Waals surface area contributed by atoms with Crippen molar-refractivity contribution in [1.29, 1.82) is 0 Å². The van der Waals surface area contributed by atoms with Gasteiger partial charge in [0.1, 0.15) is 0 Å². The number of benzene rings is 2. The maximum Gasteiger partial charge on any atom is 0.251 e. The minimum absolute atomic E-state index is 0.0428. The van der Waals surface area contributed by atoms with E-state index in [4.69, 9.17) is 0 Å². The Kier molecular flexibility index (Phi) is 4.29. The van der Waals surface area contributed by atoms with E-state index in [0.29, 0.717) is 12.1 Å². The summed E-state index contributed by atoms with van der Waals surface area (Å²) in [4.78, 5) is 15.5. The first kappa shape index (κ1) is 14.9. The van der Waals surface area contributed by atoms with Gasteiger partial charge in [-0.1, -0.05) is 40.2 Å². The molecule has 1 heterocycles. The van der Waals surface area contributed by atoms with E-state index in [0.717, 1.165) is 22.1 Å². The van der Waals surface area contributed by atoms with Gasteiger partial charge in [-0.2, -0.15) is 0 Å². The van der Waals surface area contributed by atoms with E-state index < -0.39 is 0 Å². The van der Waals surface area contributed by atoms with Crippen molar-refractivity contribution >= 4 is 32.7 Å². The number of H-pyrrole nitrogens is 1. The quantitative estimate of drug-likeness (QED) is 0.722. The Morgan fingerprint density at radius 1 is 1.18 bits per heavy atom. The zero-order valence-electron chi connectivity index (χ0n) is 12.3. The number of halogens is 1. The highest BCUT2D eigenvalue weighted by atomic mass is 79.9. The molecule has 1 aromatic heterocycles. The van der Waals surface area contributed by atoms with Crippen LogP contribution < -0.4 is 5.32 Å². The number of fused-ring (bicyclic) bond motifs is 1. The molecule has 2 aromatic carbocycles. The molecule has 4 heteroatoms. The smallest absolute Gasteiger partial charge is 0.251 e. The van der Waals surface area contributed by atoms with Crippen molar-refractivity contribution in [1.82, 2.24) is 10.3 Å². The summed E-state index contributed by atoms with van der Waals surface area (Å²) in [6.07, 6.45) is 0.815. The number of rotatable bonds is 4. The van der Waals surface area contributed by atoms with E-state index in [-0.39, 0.29) is 5.91 Å². The van der Waals surface area contributed by atoms with Crippen LogP contribution in [0.3, 0.4) is 0 Å². The average Bonchev–Trinajstić information content (AvgIpc) is 2.83. The van der Waals surface area contributed by atoms with E-state index >= 15 is 0 Å². The first-order valence-corrected chi connectivity index (χ1v) is 8.04. The molecular weight excluding hydrogens is 340 g/mol. The molecule has 0 saturated carbocycles. The van der Waals surface area contributed by atoms with Gasteiger partial charge in [0.25, 0.3) is 5.91 Å². The molecule has 0 atom stereocenters. The van der Waals surface area contributed by atoms with E-state index in [1.165, 1.54) is 10.9 Å². The van der Waals surface area contributed by atoms with Gasteiger partial charge in [-0.15, -0.1) is 0 Å². The highest BCUT2D eigenvalue weighted by molar-refractivity contribution is 9.10. The van der Waals surface area contributed by atoms with Gasteiger partial charge in [0.2, 0.25) is 0 Å². The number of para-hydroxylation sites is 1. The van der Waals surface area contributed by atoms with E-state index in [1.54, 1.807) is 0 Å².